The summed E-state index contributed by atoms with van der Waals surface area (Å²) in [6, 6.07) is 2.48. The first kappa shape index (κ1) is 14.1. The van der Waals surface area contributed by atoms with Crippen LogP contribution in [0.2, 0.25) is 0 Å². The fourth-order valence-electron chi connectivity index (χ4n) is 1.29. The van der Waals surface area contributed by atoms with Crippen LogP contribution in [0.5, 0.6) is 0 Å². The van der Waals surface area contributed by atoms with Crippen LogP contribution in [0.3, 0.4) is 0 Å². The Labute approximate surface area is 102 Å². The molecule has 1 aromatic rings. The highest BCUT2D eigenvalue weighted by atomic mass is 32.2. The maximum absolute atomic E-state index is 11.6. The van der Waals surface area contributed by atoms with Crippen LogP contribution in [0, 0.1) is 10.1 Å². The highest BCUT2D eigenvalue weighted by Gasteiger charge is 2.26. The van der Waals surface area contributed by atoms with Gasteiger partial charge in [0.2, 0.25) is 0 Å². The predicted molar refractivity (Wildman–Crippen MR) is 59.2 cm³/mol. The molecule has 0 amide bonds. The highest BCUT2D eigenvalue weighted by molar-refractivity contribution is 7.91. The van der Waals surface area contributed by atoms with Crippen LogP contribution in [0.25, 0.3) is 0 Å². The molecule has 8 nitrogen and oxygen atoms in total. The molecule has 0 bridgehead atoms. The van der Waals surface area contributed by atoms with Crippen molar-refractivity contribution in [3.8, 4) is 0 Å². The number of nitro groups is 1. The molecule has 0 spiro atoms. The zero-order valence-electron chi connectivity index (χ0n) is 8.94. The molecule has 0 heterocycles. The van der Waals surface area contributed by atoms with Crippen LogP contribution in [-0.4, -0.2) is 41.9 Å². The summed E-state index contributed by atoms with van der Waals surface area (Å²) in [5, 5.41) is 28.0. The van der Waals surface area contributed by atoms with Crippen molar-refractivity contribution in [2.24, 2.45) is 0 Å². The summed E-state index contributed by atoms with van der Waals surface area (Å²) in [4.78, 5) is 19.8. The maximum Gasteiger partial charge on any atom is 0.335 e. The number of carbonyl (C=O) groups is 1. The Morgan fingerprint density at radius 3 is 2.44 bits per heavy atom. The van der Waals surface area contributed by atoms with E-state index in [-0.39, 0.29) is 5.56 Å². The van der Waals surface area contributed by atoms with Gasteiger partial charge in [-0.2, -0.15) is 0 Å². The molecular weight excluding hydrogens is 266 g/mol. The fraction of sp³-hybridized carbons (Fsp3) is 0.222. The third kappa shape index (κ3) is 2.81. The topological polar surface area (TPSA) is 135 Å². The van der Waals surface area contributed by atoms with Crippen molar-refractivity contribution in [1.82, 2.24) is 0 Å². The first-order valence-electron chi connectivity index (χ1n) is 4.65. The monoisotopic (exact) mass is 275 g/mol. The van der Waals surface area contributed by atoms with Gasteiger partial charge in [0, 0.05) is 6.07 Å². The van der Waals surface area contributed by atoms with Gasteiger partial charge in [-0.3, -0.25) is 10.1 Å². The van der Waals surface area contributed by atoms with Crippen molar-refractivity contribution in [2.75, 3.05) is 12.4 Å². The molecule has 0 radical (unpaired) electrons. The van der Waals surface area contributed by atoms with Crippen LogP contribution in [0.4, 0.5) is 5.69 Å². The minimum atomic E-state index is -4.01. The van der Waals surface area contributed by atoms with E-state index in [2.05, 4.69) is 0 Å². The van der Waals surface area contributed by atoms with Gasteiger partial charge < -0.3 is 10.2 Å². The van der Waals surface area contributed by atoms with Gasteiger partial charge in [-0.05, 0) is 12.1 Å². The van der Waals surface area contributed by atoms with Gasteiger partial charge in [0.1, 0.15) is 4.90 Å². The number of carboxylic acids is 1. The molecule has 0 aliphatic carbocycles. The smallest absolute Gasteiger partial charge is 0.335 e. The van der Waals surface area contributed by atoms with Crippen LogP contribution in [-0.2, 0) is 9.84 Å². The van der Waals surface area contributed by atoms with E-state index in [4.69, 9.17) is 10.2 Å². The Balaban J connectivity index is 3.46. The number of aromatic carboxylic acids is 1. The second-order valence-electron chi connectivity index (χ2n) is 3.29. The van der Waals surface area contributed by atoms with Crippen molar-refractivity contribution < 1.29 is 28.3 Å². The van der Waals surface area contributed by atoms with Crippen LogP contribution >= 0.6 is 0 Å². The summed E-state index contributed by atoms with van der Waals surface area (Å²) < 4.78 is 23.3. The Morgan fingerprint density at radius 2 is 2.00 bits per heavy atom. The number of aliphatic hydroxyl groups is 1. The average Bonchev–Trinajstić information content (AvgIpc) is 2.27. The Kier molecular flexibility index (Phi) is 3.99. The average molecular weight is 275 g/mol. The van der Waals surface area contributed by atoms with E-state index in [0.717, 1.165) is 12.1 Å². The number of nitrogens with zero attached hydrogens (tertiary/aromatic N) is 1. The molecular formula is C9H9NO7S. The standard InChI is InChI=1S/C9H9NO7S/c11-3-4-18(16,17)8-2-1-6(9(12)13)5-7(8)10(14)15/h1-2,5,11H,3-4H2,(H,12,13). The Hall–Kier alpha value is -2.00. The molecule has 0 aromatic heterocycles. The lowest BCUT2D eigenvalue weighted by Gasteiger charge is -2.04. The third-order valence-corrected chi connectivity index (χ3v) is 3.83. The van der Waals surface area contributed by atoms with Gasteiger partial charge >= 0.3 is 5.97 Å². The summed E-state index contributed by atoms with van der Waals surface area (Å²) in [6.07, 6.45) is 0. The largest absolute Gasteiger partial charge is 0.478 e. The molecule has 1 rings (SSSR count). The van der Waals surface area contributed by atoms with Crippen molar-refractivity contribution in [3.63, 3.8) is 0 Å². The summed E-state index contributed by atoms with van der Waals surface area (Å²) in [6.45, 7) is -0.680. The van der Waals surface area contributed by atoms with Crippen LogP contribution < -0.4 is 0 Å². The molecule has 0 saturated carbocycles. The normalized spacial score (nSPS) is 11.2. The zero-order chi connectivity index (χ0) is 13.9. The van der Waals surface area contributed by atoms with E-state index in [1.54, 1.807) is 0 Å². The number of benzene rings is 1. The second kappa shape index (κ2) is 5.10. The van der Waals surface area contributed by atoms with E-state index in [0.29, 0.717) is 6.07 Å². The van der Waals surface area contributed by atoms with Crippen molar-refractivity contribution in [1.29, 1.82) is 0 Å². The number of carboxylic acid groups (broad SMARTS) is 1. The number of sulfone groups is 1. The van der Waals surface area contributed by atoms with E-state index >= 15 is 0 Å². The number of rotatable bonds is 5. The number of hydrogen-bond donors (Lipinski definition) is 2. The molecule has 18 heavy (non-hydrogen) atoms. The fourth-order valence-corrected chi connectivity index (χ4v) is 2.47. The molecule has 0 atom stereocenters. The molecule has 0 saturated heterocycles. The third-order valence-electron chi connectivity index (χ3n) is 2.10. The van der Waals surface area contributed by atoms with Gasteiger partial charge in [0.15, 0.2) is 9.84 Å². The van der Waals surface area contributed by atoms with Crippen molar-refractivity contribution in [2.45, 2.75) is 4.90 Å². The minimum Gasteiger partial charge on any atom is -0.478 e. The molecule has 0 unspecified atom stereocenters. The lowest BCUT2D eigenvalue weighted by Crippen LogP contribution is -2.13. The summed E-state index contributed by atoms with van der Waals surface area (Å²) >= 11 is 0. The quantitative estimate of drug-likeness (QED) is 0.572. The first-order chi connectivity index (χ1) is 8.29. The summed E-state index contributed by atoms with van der Waals surface area (Å²) in [7, 11) is -4.01. The Bertz CT molecular complexity index is 593. The van der Waals surface area contributed by atoms with E-state index in [9.17, 15) is 23.3 Å². The molecule has 1 aromatic carbocycles. The van der Waals surface area contributed by atoms with Gasteiger partial charge in [-0.1, -0.05) is 0 Å². The first-order valence-corrected chi connectivity index (χ1v) is 6.30. The molecule has 0 aliphatic heterocycles. The molecule has 98 valence electrons. The van der Waals surface area contributed by atoms with E-state index in [1.165, 1.54) is 0 Å². The van der Waals surface area contributed by atoms with E-state index < -0.39 is 43.7 Å². The van der Waals surface area contributed by atoms with Gasteiger partial charge in [-0.15, -0.1) is 0 Å². The predicted octanol–water partition coefficient (Wildman–Crippen LogP) is 0.0590. The summed E-state index contributed by atoms with van der Waals surface area (Å²) in [5.74, 6) is -2.07. The lowest BCUT2D eigenvalue weighted by molar-refractivity contribution is -0.387. The molecule has 9 heteroatoms. The molecule has 0 aliphatic rings. The van der Waals surface area contributed by atoms with Crippen LogP contribution in [0.1, 0.15) is 10.4 Å². The van der Waals surface area contributed by atoms with Crippen LogP contribution in [0.15, 0.2) is 23.1 Å². The van der Waals surface area contributed by atoms with Gasteiger partial charge in [-0.25, -0.2) is 13.2 Å². The van der Waals surface area contributed by atoms with E-state index in [1.807, 2.05) is 0 Å². The molecule has 0 fully saturated rings. The maximum atomic E-state index is 11.6. The SMILES string of the molecule is O=C(O)c1ccc(S(=O)(=O)CCO)c([N+](=O)[O-])c1. The number of nitro benzene ring substituents is 1. The second-order valence-corrected chi connectivity index (χ2v) is 5.36. The van der Waals surface area contributed by atoms with Crippen molar-refractivity contribution in [3.05, 3.63) is 33.9 Å². The lowest BCUT2D eigenvalue weighted by atomic mass is 10.2. The minimum absolute atomic E-state index is 0.385. The highest BCUT2D eigenvalue weighted by Crippen LogP contribution is 2.25. The number of aliphatic hydroxyl groups excluding tert-OH is 1. The Morgan fingerprint density at radius 1 is 1.39 bits per heavy atom. The zero-order valence-corrected chi connectivity index (χ0v) is 9.75. The van der Waals surface area contributed by atoms with Crippen molar-refractivity contribution >= 4 is 21.5 Å². The summed E-state index contributed by atoms with van der Waals surface area (Å²) in [5.41, 5.74) is -1.20. The van der Waals surface area contributed by atoms with Gasteiger partial charge in [0.25, 0.3) is 5.69 Å². The molecule has 2 N–H and O–H groups in total. The van der Waals surface area contributed by atoms with Gasteiger partial charge in [0.05, 0.1) is 22.8 Å². The number of hydrogen-bond acceptors (Lipinski definition) is 6.